The van der Waals surface area contributed by atoms with Crippen LogP contribution in [0.5, 0.6) is 0 Å². The first-order chi connectivity index (χ1) is 11.6. The molecular formula is C17H20N4O3. The largest absolute Gasteiger partial charge is 0.618 e. The summed E-state index contributed by atoms with van der Waals surface area (Å²) in [6, 6.07) is 6.66. The molecule has 4 rings (SSSR count). The number of nitro groups is 1. The number of anilines is 1. The minimum Gasteiger partial charge on any atom is -0.618 e. The lowest BCUT2D eigenvalue weighted by Crippen LogP contribution is -2.44. The lowest BCUT2D eigenvalue weighted by Gasteiger charge is -2.32. The molecule has 2 aliphatic heterocycles. The monoisotopic (exact) mass is 328 g/mol. The van der Waals surface area contributed by atoms with Gasteiger partial charge in [0.15, 0.2) is 5.69 Å². The molecule has 0 atom stereocenters. The van der Waals surface area contributed by atoms with E-state index in [1.54, 1.807) is 24.3 Å². The molecule has 1 N–H and O–H groups in total. The number of aromatic nitrogens is 1. The number of nitrogens with one attached hydrogen (secondary N) is 1. The normalized spacial score (nSPS) is 19.5. The van der Waals surface area contributed by atoms with Crippen LogP contribution in [0.25, 0.3) is 10.9 Å². The van der Waals surface area contributed by atoms with Crippen LogP contribution in [0.4, 0.5) is 11.4 Å². The molecule has 1 aromatic carbocycles. The van der Waals surface area contributed by atoms with Gasteiger partial charge in [-0.3, -0.25) is 15.0 Å². The molecule has 0 unspecified atom stereocenters. The lowest BCUT2D eigenvalue weighted by atomic mass is 9.94. The molecule has 0 spiro atoms. The standard InChI is InChI=1S/C17H20N4O3/c22-20-11-14(16(21(23)24)13-5-1-2-6-15(13)20)18-12-17-7-3-9-19(17)10-4-8-17/h1-2,5-6,11,18H,3-4,7-10,12H2. The summed E-state index contributed by atoms with van der Waals surface area (Å²) in [6.07, 6.45) is 5.86. The third-order valence-electron chi connectivity index (χ3n) is 5.50. The second-order valence-corrected chi connectivity index (χ2v) is 6.76. The van der Waals surface area contributed by atoms with Gasteiger partial charge in [-0.1, -0.05) is 12.1 Å². The van der Waals surface area contributed by atoms with Gasteiger partial charge in [0.1, 0.15) is 5.39 Å². The Labute approximate surface area is 139 Å². The van der Waals surface area contributed by atoms with Gasteiger partial charge in [0.25, 0.3) is 0 Å². The van der Waals surface area contributed by atoms with Crippen LogP contribution in [0.3, 0.4) is 0 Å². The Hall–Kier alpha value is -2.41. The van der Waals surface area contributed by atoms with Crippen LogP contribution in [0.2, 0.25) is 0 Å². The summed E-state index contributed by atoms with van der Waals surface area (Å²) in [5.41, 5.74) is 0.697. The molecule has 126 valence electrons. The molecule has 24 heavy (non-hydrogen) atoms. The minimum atomic E-state index is -0.399. The van der Waals surface area contributed by atoms with Crippen molar-refractivity contribution in [2.45, 2.75) is 31.2 Å². The van der Waals surface area contributed by atoms with E-state index in [2.05, 4.69) is 10.2 Å². The van der Waals surface area contributed by atoms with Crippen molar-refractivity contribution in [2.75, 3.05) is 25.0 Å². The highest BCUT2D eigenvalue weighted by molar-refractivity contribution is 5.91. The number of hydrogen-bond acceptors (Lipinski definition) is 5. The van der Waals surface area contributed by atoms with Crippen LogP contribution < -0.4 is 10.0 Å². The van der Waals surface area contributed by atoms with Gasteiger partial charge >= 0.3 is 5.69 Å². The van der Waals surface area contributed by atoms with Crippen molar-refractivity contribution in [3.8, 4) is 0 Å². The fourth-order valence-electron chi connectivity index (χ4n) is 4.36. The molecule has 0 bridgehead atoms. The quantitative estimate of drug-likeness (QED) is 0.403. The van der Waals surface area contributed by atoms with E-state index in [1.165, 1.54) is 19.0 Å². The zero-order valence-electron chi connectivity index (χ0n) is 13.4. The van der Waals surface area contributed by atoms with Gasteiger partial charge in [0.05, 0.1) is 4.92 Å². The van der Waals surface area contributed by atoms with Crippen LogP contribution in [0, 0.1) is 15.3 Å². The van der Waals surface area contributed by atoms with Crippen LogP contribution >= 0.6 is 0 Å². The second kappa shape index (κ2) is 5.59. The number of fused-ring (bicyclic) bond motifs is 2. The van der Waals surface area contributed by atoms with Crippen LogP contribution in [-0.2, 0) is 0 Å². The van der Waals surface area contributed by atoms with E-state index in [0.29, 0.717) is 27.9 Å². The van der Waals surface area contributed by atoms with Crippen molar-refractivity contribution in [1.82, 2.24) is 4.90 Å². The summed E-state index contributed by atoms with van der Waals surface area (Å²) in [5, 5.41) is 27.5. The van der Waals surface area contributed by atoms with Crippen molar-refractivity contribution in [3.63, 3.8) is 0 Å². The smallest absolute Gasteiger partial charge is 0.312 e. The molecule has 0 aliphatic carbocycles. The lowest BCUT2D eigenvalue weighted by molar-refractivity contribution is -0.576. The zero-order valence-corrected chi connectivity index (χ0v) is 13.4. The Morgan fingerprint density at radius 3 is 2.67 bits per heavy atom. The summed E-state index contributed by atoms with van der Waals surface area (Å²) in [5.74, 6) is 0. The topological polar surface area (TPSA) is 85.4 Å². The van der Waals surface area contributed by atoms with Crippen LogP contribution in [0.1, 0.15) is 25.7 Å². The highest BCUT2D eigenvalue weighted by Gasteiger charge is 2.44. The first kappa shape index (κ1) is 15.1. The van der Waals surface area contributed by atoms with Crippen molar-refractivity contribution in [2.24, 2.45) is 0 Å². The zero-order chi connectivity index (χ0) is 16.7. The van der Waals surface area contributed by atoms with Gasteiger partial charge in [-0.15, -0.1) is 0 Å². The predicted octanol–water partition coefficient (Wildman–Crippen LogP) is 2.42. The number of rotatable bonds is 4. The highest BCUT2D eigenvalue weighted by Crippen LogP contribution is 2.39. The molecule has 2 saturated heterocycles. The maximum atomic E-state index is 12.2. The van der Waals surface area contributed by atoms with Crippen molar-refractivity contribution >= 4 is 22.3 Å². The van der Waals surface area contributed by atoms with Gasteiger partial charge < -0.3 is 10.5 Å². The molecular weight excluding hydrogens is 308 g/mol. The molecule has 3 heterocycles. The Morgan fingerprint density at radius 1 is 1.25 bits per heavy atom. The van der Waals surface area contributed by atoms with E-state index < -0.39 is 4.92 Å². The fourth-order valence-corrected chi connectivity index (χ4v) is 4.36. The second-order valence-electron chi connectivity index (χ2n) is 6.76. The van der Waals surface area contributed by atoms with Gasteiger partial charge in [-0.05, 0) is 44.8 Å². The maximum absolute atomic E-state index is 12.2. The molecule has 0 amide bonds. The van der Waals surface area contributed by atoms with E-state index >= 15 is 0 Å². The van der Waals surface area contributed by atoms with E-state index in [9.17, 15) is 15.3 Å². The number of benzene rings is 1. The van der Waals surface area contributed by atoms with Crippen LogP contribution in [0.15, 0.2) is 30.5 Å². The first-order valence-corrected chi connectivity index (χ1v) is 8.39. The summed E-state index contributed by atoms with van der Waals surface area (Å²) >= 11 is 0. The van der Waals surface area contributed by atoms with E-state index in [1.807, 2.05) is 0 Å². The number of nitrogens with zero attached hydrogens (tertiary/aromatic N) is 3. The molecule has 0 saturated carbocycles. The molecule has 1 aromatic heterocycles. The molecule has 2 fully saturated rings. The number of para-hydroxylation sites is 1. The van der Waals surface area contributed by atoms with Gasteiger partial charge in [-0.25, -0.2) is 0 Å². The molecule has 2 aliphatic rings. The fraction of sp³-hybridized carbons (Fsp3) is 0.471. The number of hydrogen-bond donors (Lipinski definition) is 1. The third-order valence-corrected chi connectivity index (χ3v) is 5.50. The number of pyridine rings is 1. The van der Waals surface area contributed by atoms with Gasteiger partial charge in [-0.2, -0.15) is 4.73 Å². The van der Waals surface area contributed by atoms with E-state index in [4.69, 9.17) is 0 Å². The highest BCUT2D eigenvalue weighted by atomic mass is 16.6. The predicted molar refractivity (Wildman–Crippen MR) is 90.8 cm³/mol. The summed E-state index contributed by atoms with van der Waals surface area (Å²) in [7, 11) is 0. The van der Waals surface area contributed by atoms with E-state index in [0.717, 1.165) is 25.9 Å². The first-order valence-electron chi connectivity index (χ1n) is 8.39. The van der Waals surface area contributed by atoms with Gasteiger partial charge in [0, 0.05) is 18.2 Å². The Morgan fingerprint density at radius 2 is 1.96 bits per heavy atom. The average molecular weight is 328 g/mol. The summed E-state index contributed by atoms with van der Waals surface area (Å²) in [6.45, 7) is 2.85. The Balaban J connectivity index is 1.71. The van der Waals surface area contributed by atoms with Crippen LogP contribution in [-0.4, -0.2) is 35.0 Å². The summed E-state index contributed by atoms with van der Waals surface area (Å²) < 4.78 is 0.712. The van der Waals surface area contributed by atoms with E-state index in [-0.39, 0.29) is 11.2 Å². The van der Waals surface area contributed by atoms with Crippen molar-refractivity contribution in [3.05, 3.63) is 45.8 Å². The minimum absolute atomic E-state index is 0.0170. The average Bonchev–Trinajstić information content (AvgIpc) is 3.12. The van der Waals surface area contributed by atoms with Gasteiger partial charge in [0.2, 0.25) is 11.7 Å². The molecule has 7 heteroatoms. The Kier molecular flexibility index (Phi) is 3.53. The Bertz CT molecular complexity index is 798. The van der Waals surface area contributed by atoms with Crippen molar-refractivity contribution < 1.29 is 9.65 Å². The van der Waals surface area contributed by atoms with Crippen molar-refractivity contribution in [1.29, 1.82) is 0 Å². The molecule has 2 aromatic rings. The molecule has 7 nitrogen and oxygen atoms in total. The third kappa shape index (κ3) is 2.27. The summed E-state index contributed by atoms with van der Waals surface area (Å²) in [4.78, 5) is 13.7. The SMILES string of the molecule is O=[N+]([O-])c1c(NCC23CCCN2CCC3)c[n+]([O-])c2ccccc12. The molecule has 0 radical (unpaired) electrons. The maximum Gasteiger partial charge on any atom is 0.312 e.